The van der Waals surface area contributed by atoms with Gasteiger partial charge in [-0.25, -0.2) is 9.37 Å². The second-order valence-corrected chi connectivity index (χ2v) is 6.66. The molecule has 0 atom stereocenters. The van der Waals surface area contributed by atoms with E-state index in [-0.39, 0.29) is 18.1 Å². The van der Waals surface area contributed by atoms with E-state index in [2.05, 4.69) is 4.98 Å². The number of halogens is 1. The SMILES string of the molecule is CN(Cc1ccccc1F)C(=O)COC(=O)CSc1nc2ccccc2o1. The van der Waals surface area contributed by atoms with Crippen molar-refractivity contribution in [1.29, 1.82) is 0 Å². The molecule has 1 aromatic heterocycles. The molecule has 0 radical (unpaired) electrons. The minimum atomic E-state index is -0.560. The monoisotopic (exact) mass is 388 g/mol. The molecule has 0 aliphatic carbocycles. The highest BCUT2D eigenvalue weighted by molar-refractivity contribution is 7.99. The number of esters is 1. The lowest BCUT2D eigenvalue weighted by Gasteiger charge is -2.17. The first kappa shape index (κ1) is 18.9. The van der Waals surface area contributed by atoms with Gasteiger partial charge in [0.2, 0.25) is 0 Å². The average molecular weight is 388 g/mol. The third kappa shape index (κ3) is 5.07. The number of nitrogens with zero attached hydrogens (tertiary/aromatic N) is 2. The molecule has 0 spiro atoms. The number of likely N-dealkylation sites (N-methyl/N-ethyl adjacent to an activating group) is 1. The standard InChI is InChI=1S/C19H17FN2O4S/c1-22(10-13-6-2-3-7-14(13)20)17(23)11-25-18(24)12-27-19-21-15-8-4-5-9-16(15)26-19/h2-9H,10-12H2,1H3. The molecular formula is C19H17FN2O4S. The molecule has 27 heavy (non-hydrogen) atoms. The Balaban J connectivity index is 1.44. The Bertz CT molecular complexity index is 927. The number of carbonyl (C=O) groups excluding carboxylic acids is 2. The lowest BCUT2D eigenvalue weighted by atomic mass is 10.2. The van der Waals surface area contributed by atoms with Crippen molar-refractivity contribution >= 4 is 34.7 Å². The molecule has 3 aromatic rings. The van der Waals surface area contributed by atoms with Gasteiger partial charge in [0.15, 0.2) is 12.2 Å². The van der Waals surface area contributed by atoms with Crippen LogP contribution >= 0.6 is 11.8 Å². The molecule has 0 aliphatic rings. The Labute approximate surface area is 159 Å². The van der Waals surface area contributed by atoms with Gasteiger partial charge in [0, 0.05) is 19.2 Å². The molecule has 1 heterocycles. The molecule has 6 nitrogen and oxygen atoms in total. The molecule has 0 saturated heterocycles. The number of ether oxygens (including phenoxy) is 1. The lowest BCUT2D eigenvalue weighted by Crippen LogP contribution is -2.31. The highest BCUT2D eigenvalue weighted by atomic mass is 32.2. The molecule has 0 fully saturated rings. The van der Waals surface area contributed by atoms with Crippen molar-refractivity contribution in [3.05, 3.63) is 59.9 Å². The number of hydrogen-bond acceptors (Lipinski definition) is 6. The number of thioether (sulfide) groups is 1. The van der Waals surface area contributed by atoms with Gasteiger partial charge in [-0.3, -0.25) is 9.59 Å². The predicted octanol–water partition coefficient (Wildman–Crippen LogP) is 3.26. The zero-order chi connectivity index (χ0) is 19.2. The van der Waals surface area contributed by atoms with E-state index in [1.54, 1.807) is 24.3 Å². The van der Waals surface area contributed by atoms with Crippen molar-refractivity contribution in [2.24, 2.45) is 0 Å². The molecular weight excluding hydrogens is 371 g/mol. The third-order valence-electron chi connectivity index (χ3n) is 3.74. The summed E-state index contributed by atoms with van der Waals surface area (Å²) in [6.07, 6.45) is 0. The Hall–Kier alpha value is -2.87. The predicted molar refractivity (Wildman–Crippen MR) is 98.6 cm³/mol. The first-order chi connectivity index (χ1) is 13.0. The molecule has 0 aliphatic heterocycles. The van der Waals surface area contributed by atoms with Crippen molar-refractivity contribution in [2.75, 3.05) is 19.4 Å². The van der Waals surface area contributed by atoms with Gasteiger partial charge in [0.25, 0.3) is 11.1 Å². The highest BCUT2D eigenvalue weighted by Crippen LogP contribution is 2.23. The summed E-state index contributed by atoms with van der Waals surface area (Å²) in [6.45, 7) is -0.307. The number of benzene rings is 2. The van der Waals surface area contributed by atoms with Gasteiger partial charge in [-0.2, -0.15) is 0 Å². The number of fused-ring (bicyclic) bond motifs is 1. The van der Waals surface area contributed by atoms with Gasteiger partial charge in [-0.1, -0.05) is 42.1 Å². The maximum Gasteiger partial charge on any atom is 0.316 e. The maximum atomic E-state index is 13.6. The number of amides is 1. The first-order valence-electron chi connectivity index (χ1n) is 8.14. The van der Waals surface area contributed by atoms with E-state index >= 15 is 0 Å². The van der Waals surface area contributed by atoms with Gasteiger partial charge in [-0.15, -0.1) is 0 Å². The minimum absolute atomic E-state index is 0.0306. The number of oxazole rings is 1. The Morgan fingerprint density at radius 1 is 1.19 bits per heavy atom. The quantitative estimate of drug-likeness (QED) is 0.457. The topological polar surface area (TPSA) is 72.6 Å². The largest absolute Gasteiger partial charge is 0.455 e. The van der Waals surface area contributed by atoms with Crippen LogP contribution < -0.4 is 0 Å². The molecule has 3 rings (SSSR count). The zero-order valence-electron chi connectivity index (χ0n) is 14.6. The fourth-order valence-corrected chi connectivity index (χ4v) is 2.93. The fraction of sp³-hybridized carbons (Fsp3) is 0.211. The molecule has 0 N–H and O–H groups in total. The van der Waals surface area contributed by atoms with Crippen molar-refractivity contribution < 1.29 is 23.1 Å². The van der Waals surface area contributed by atoms with Crippen molar-refractivity contribution in [2.45, 2.75) is 11.8 Å². The number of carbonyl (C=O) groups is 2. The summed E-state index contributed by atoms with van der Waals surface area (Å²) < 4.78 is 24.1. The van der Waals surface area contributed by atoms with E-state index < -0.39 is 18.5 Å². The summed E-state index contributed by atoms with van der Waals surface area (Å²) in [7, 11) is 1.52. The van der Waals surface area contributed by atoms with E-state index in [0.717, 1.165) is 11.8 Å². The summed E-state index contributed by atoms with van der Waals surface area (Å²) in [5, 5.41) is 0.358. The Morgan fingerprint density at radius 2 is 1.93 bits per heavy atom. The van der Waals surface area contributed by atoms with Crippen molar-refractivity contribution in [3.8, 4) is 0 Å². The summed E-state index contributed by atoms with van der Waals surface area (Å²) in [4.78, 5) is 29.4. The molecule has 8 heteroatoms. The van der Waals surface area contributed by atoms with E-state index in [0.29, 0.717) is 21.9 Å². The lowest BCUT2D eigenvalue weighted by molar-refractivity contribution is -0.149. The van der Waals surface area contributed by atoms with Crippen LogP contribution in [0.15, 0.2) is 58.2 Å². The van der Waals surface area contributed by atoms with Crippen LogP contribution in [0.4, 0.5) is 4.39 Å². The number of hydrogen-bond donors (Lipinski definition) is 0. The van der Waals surface area contributed by atoms with Crippen molar-refractivity contribution in [3.63, 3.8) is 0 Å². The second kappa shape index (κ2) is 8.68. The van der Waals surface area contributed by atoms with E-state index in [4.69, 9.17) is 9.15 Å². The Kier molecular flexibility index (Phi) is 6.08. The summed E-state index contributed by atoms with van der Waals surface area (Å²) >= 11 is 1.09. The summed E-state index contributed by atoms with van der Waals surface area (Å²) in [5.41, 5.74) is 1.74. The second-order valence-electron chi connectivity index (χ2n) is 5.74. The first-order valence-corrected chi connectivity index (χ1v) is 9.13. The van der Waals surface area contributed by atoms with Crippen LogP contribution in [0.2, 0.25) is 0 Å². The van der Waals surface area contributed by atoms with Crippen LogP contribution in [0.5, 0.6) is 0 Å². The number of aromatic nitrogens is 1. The van der Waals surface area contributed by atoms with Gasteiger partial charge in [0.1, 0.15) is 17.1 Å². The molecule has 0 unspecified atom stereocenters. The average Bonchev–Trinajstić information content (AvgIpc) is 3.09. The molecule has 2 aromatic carbocycles. The third-order valence-corrected chi connectivity index (χ3v) is 4.54. The highest BCUT2D eigenvalue weighted by Gasteiger charge is 2.15. The minimum Gasteiger partial charge on any atom is -0.455 e. The van der Waals surface area contributed by atoms with E-state index in [9.17, 15) is 14.0 Å². The van der Waals surface area contributed by atoms with Gasteiger partial charge in [0.05, 0.1) is 0 Å². The van der Waals surface area contributed by atoms with E-state index in [1.807, 2.05) is 18.2 Å². The summed E-state index contributed by atoms with van der Waals surface area (Å²) in [6, 6.07) is 13.5. The molecule has 0 saturated carbocycles. The zero-order valence-corrected chi connectivity index (χ0v) is 15.4. The van der Waals surface area contributed by atoms with Crippen LogP contribution in [0.1, 0.15) is 5.56 Å². The normalized spacial score (nSPS) is 10.7. The smallest absolute Gasteiger partial charge is 0.316 e. The van der Waals surface area contributed by atoms with Crippen LogP contribution in [-0.4, -0.2) is 41.2 Å². The van der Waals surface area contributed by atoms with Crippen LogP contribution in [0.3, 0.4) is 0 Å². The van der Waals surface area contributed by atoms with Crippen LogP contribution in [-0.2, 0) is 20.9 Å². The molecule has 1 amide bonds. The Morgan fingerprint density at radius 3 is 2.70 bits per heavy atom. The number of para-hydroxylation sites is 2. The number of rotatable bonds is 7. The molecule has 0 bridgehead atoms. The van der Waals surface area contributed by atoms with E-state index in [1.165, 1.54) is 18.0 Å². The maximum absolute atomic E-state index is 13.6. The van der Waals surface area contributed by atoms with Gasteiger partial charge < -0.3 is 14.1 Å². The van der Waals surface area contributed by atoms with Gasteiger partial charge >= 0.3 is 5.97 Å². The van der Waals surface area contributed by atoms with Crippen LogP contribution in [0, 0.1) is 5.82 Å². The fourth-order valence-electron chi connectivity index (χ4n) is 2.30. The molecule has 140 valence electrons. The van der Waals surface area contributed by atoms with Gasteiger partial charge in [-0.05, 0) is 18.2 Å². The van der Waals surface area contributed by atoms with Crippen molar-refractivity contribution in [1.82, 2.24) is 9.88 Å². The van der Waals surface area contributed by atoms with Crippen LogP contribution in [0.25, 0.3) is 11.1 Å². The summed E-state index contributed by atoms with van der Waals surface area (Å²) in [5.74, 6) is -1.39.